The van der Waals surface area contributed by atoms with Gasteiger partial charge in [-0.1, -0.05) is 0 Å². The summed E-state index contributed by atoms with van der Waals surface area (Å²) in [5, 5.41) is 7.32. The van der Waals surface area contributed by atoms with E-state index in [1.54, 1.807) is 21.8 Å². The number of ether oxygens (including phenoxy) is 3. The second-order valence-corrected chi connectivity index (χ2v) is 8.11. The van der Waals surface area contributed by atoms with E-state index in [0.717, 1.165) is 5.69 Å². The Hall–Kier alpha value is -3.30. The van der Waals surface area contributed by atoms with Gasteiger partial charge in [-0.25, -0.2) is 9.78 Å². The summed E-state index contributed by atoms with van der Waals surface area (Å²) in [5.74, 6) is 0.444. The molecule has 0 aromatic carbocycles. The molecule has 31 heavy (non-hydrogen) atoms. The summed E-state index contributed by atoms with van der Waals surface area (Å²) < 4.78 is 17.6. The molecule has 1 N–H and O–H groups in total. The van der Waals surface area contributed by atoms with Crippen LogP contribution in [0.3, 0.4) is 0 Å². The molecule has 10 heteroatoms. The van der Waals surface area contributed by atoms with Crippen LogP contribution in [0.5, 0.6) is 11.6 Å². The number of amides is 2. The lowest BCUT2D eigenvalue weighted by atomic mass is 10.0. The Kier molecular flexibility index (Phi) is 6.37. The molecular weight excluding hydrogens is 402 g/mol. The third-order valence-corrected chi connectivity index (χ3v) is 4.84. The van der Waals surface area contributed by atoms with Gasteiger partial charge in [0.15, 0.2) is 5.75 Å². The molecule has 2 aromatic heterocycles. The Bertz CT molecular complexity index is 966. The number of nitrogens with one attached hydrogen (secondary N) is 1. The van der Waals surface area contributed by atoms with Crippen molar-refractivity contribution in [3.05, 3.63) is 29.7 Å². The fourth-order valence-electron chi connectivity index (χ4n) is 3.52. The molecule has 0 spiro atoms. The van der Waals surface area contributed by atoms with Crippen LogP contribution in [0.1, 0.15) is 56.2 Å². The Balaban J connectivity index is 1.89. The molecule has 0 radical (unpaired) electrons. The minimum Gasteiger partial charge on any atom is -0.491 e. The van der Waals surface area contributed by atoms with Crippen molar-refractivity contribution in [2.75, 3.05) is 25.7 Å². The SMILES string of the molecule is CCn1ncc2c1C(NC(=O)OC(C)(C)C)CCN2C(=O)c1cnc(OC)c(OC)c1. The number of rotatable bonds is 5. The van der Waals surface area contributed by atoms with Crippen LogP contribution in [0.25, 0.3) is 0 Å². The molecule has 0 bridgehead atoms. The van der Waals surface area contributed by atoms with Crippen molar-refractivity contribution >= 4 is 17.7 Å². The summed E-state index contributed by atoms with van der Waals surface area (Å²) in [5.41, 5.74) is 1.18. The van der Waals surface area contributed by atoms with Crippen LogP contribution in [0.2, 0.25) is 0 Å². The van der Waals surface area contributed by atoms with Crippen molar-refractivity contribution < 1.29 is 23.8 Å². The Morgan fingerprint density at radius 3 is 2.58 bits per heavy atom. The number of fused-ring (bicyclic) bond motifs is 1. The first kappa shape index (κ1) is 22.4. The van der Waals surface area contributed by atoms with Gasteiger partial charge in [-0.05, 0) is 34.1 Å². The molecule has 0 saturated heterocycles. The van der Waals surface area contributed by atoms with E-state index in [-0.39, 0.29) is 11.9 Å². The third kappa shape index (κ3) is 4.73. The van der Waals surface area contributed by atoms with Crippen molar-refractivity contribution in [1.29, 1.82) is 0 Å². The van der Waals surface area contributed by atoms with E-state index in [1.807, 2.05) is 27.7 Å². The van der Waals surface area contributed by atoms with Crippen LogP contribution in [0.15, 0.2) is 18.5 Å². The van der Waals surface area contributed by atoms with Gasteiger partial charge in [0.1, 0.15) is 5.60 Å². The second kappa shape index (κ2) is 8.83. The highest BCUT2D eigenvalue weighted by Gasteiger charge is 2.34. The van der Waals surface area contributed by atoms with Crippen molar-refractivity contribution in [2.45, 2.75) is 52.3 Å². The standard InChI is InChI=1S/C21H29N5O5/c1-7-26-17-14(24-20(28)31-21(2,3)4)8-9-25(15(17)12-23-26)19(27)13-10-16(29-5)18(30-6)22-11-13/h10-12,14H,7-9H2,1-6H3,(H,24,28). The van der Waals surface area contributed by atoms with E-state index < -0.39 is 11.7 Å². The molecule has 1 atom stereocenters. The molecule has 10 nitrogen and oxygen atoms in total. The van der Waals surface area contributed by atoms with Crippen LogP contribution in [-0.4, -0.2) is 53.1 Å². The smallest absolute Gasteiger partial charge is 0.408 e. The van der Waals surface area contributed by atoms with Gasteiger partial charge in [0.25, 0.3) is 11.8 Å². The molecule has 2 amide bonds. The van der Waals surface area contributed by atoms with Crippen LogP contribution in [-0.2, 0) is 11.3 Å². The van der Waals surface area contributed by atoms with Crippen molar-refractivity contribution in [2.24, 2.45) is 0 Å². The highest BCUT2D eigenvalue weighted by molar-refractivity contribution is 6.06. The molecular formula is C21H29N5O5. The van der Waals surface area contributed by atoms with Gasteiger partial charge >= 0.3 is 6.09 Å². The fourth-order valence-corrected chi connectivity index (χ4v) is 3.52. The molecule has 0 aliphatic carbocycles. The van der Waals surface area contributed by atoms with Crippen LogP contribution in [0, 0.1) is 0 Å². The van der Waals surface area contributed by atoms with Crippen molar-refractivity contribution in [3.63, 3.8) is 0 Å². The third-order valence-electron chi connectivity index (χ3n) is 4.84. The van der Waals surface area contributed by atoms with Gasteiger partial charge in [-0.15, -0.1) is 0 Å². The highest BCUT2D eigenvalue weighted by Crippen LogP contribution is 2.35. The molecule has 2 aromatic rings. The molecule has 0 fully saturated rings. The number of nitrogens with zero attached hydrogens (tertiary/aromatic N) is 4. The maximum absolute atomic E-state index is 13.3. The predicted octanol–water partition coefficient (Wildman–Crippen LogP) is 2.93. The van der Waals surface area contributed by atoms with E-state index in [4.69, 9.17) is 14.2 Å². The van der Waals surface area contributed by atoms with E-state index >= 15 is 0 Å². The van der Waals surface area contributed by atoms with Gasteiger partial charge in [0.05, 0.1) is 43.4 Å². The fraction of sp³-hybridized carbons (Fsp3) is 0.524. The summed E-state index contributed by atoms with van der Waals surface area (Å²) >= 11 is 0. The van der Waals surface area contributed by atoms with E-state index in [2.05, 4.69) is 15.4 Å². The van der Waals surface area contributed by atoms with Crippen LogP contribution in [0.4, 0.5) is 10.5 Å². The van der Waals surface area contributed by atoms with Gasteiger partial charge in [0, 0.05) is 25.4 Å². The van der Waals surface area contributed by atoms with E-state index in [9.17, 15) is 9.59 Å². The second-order valence-electron chi connectivity index (χ2n) is 8.11. The number of carbonyl (C=O) groups excluding carboxylic acids is 2. The number of carbonyl (C=O) groups is 2. The molecule has 1 unspecified atom stereocenters. The zero-order valence-electron chi connectivity index (χ0n) is 18.8. The Labute approximate surface area is 181 Å². The summed E-state index contributed by atoms with van der Waals surface area (Å²) in [6.07, 6.45) is 3.12. The highest BCUT2D eigenvalue weighted by atomic mass is 16.6. The minimum atomic E-state index is -0.602. The van der Waals surface area contributed by atoms with Gasteiger partial charge in [-0.2, -0.15) is 5.10 Å². The first-order chi connectivity index (χ1) is 14.7. The number of pyridine rings is 1. The lowest BCUT2D eigenvalue weighted by molar-refractivity contribution is 0.0498. The van der Waals surface area contributed by atoms with Gasteiger partial charge in [-0.3, -0.25) is 9.48 Å². The molecule has 3 heterocycles. The predicted molar refractivity (Wildman–Crippen MR) is 114 cm³/mol. The van der Waals surface area contributed by atoms with Gasteiger partial charge < -0.3 is 24.4 Å². The number of methoxy groups -OCH3 is 2. The maximum Gasteiger partial charge on any atom is 0.408 e. The minimum absolute atomic E-state index is 0.235. The number of alkyl carbamates (subject to hydrolysis) is 1. The molecule has 1 aliphatic heterocycles. The molecule has 1 aliphatic rings. The summed E-state index contributed by atoms with van der Waals surface area (Å²) in [6.45, 7) is 8.39. The summed E-state index contributed by atoms with van der Waals surface area (Å²) in [7, 11) is 2.98. The van der Waals surface area contributed by atoms with Crippen molar-refractivity contribution in [3.8, 4) is 11.6 Å². The lowest BCUT2D eigenvalue weighted by Crippen LogP contribution is -2.43. The molecule has 3 rings (SSSR count). The number of aryl methyl sites for hydroxylation is 1. The van der Waals surface area contributed by atoms with Crippen LogP contribution >= 0.6 is 0 Å². The number of anilines is 1. The Morgan fingerprint density at radius 1 is 1.23 bits per heavy atom. The molecule has 0 saturated carbocycles. The zero-order valence-corrected chi connectivity index (χ0v) is 18.8. The van der Waals surface area contributed by atoms with E-state index in [1.165, 1.54) is 20.4 Å². The average Bonchev–Trinajstić information content (AvgIpc) is 3.16. The average molecular weight is 431 g/mol. The summed E-state index contributed by atoms with van der Waals surface area (Å²) in [6, 6.07) is 1.28. The summed E-state index contributed by atoms with van der Waals surface area (Å²) in [4.78, 5) is 31.4. The monoisotopic (exact) mass is 431 g/mol. The number of aromatic nitrogens is 3. The lowest BCUT2D eigenvalue weighted by Gasteiger charge is -2.33. The first-order valence-corrected chi connectivity index (χ1v) is 10.1. The normalized spacial score (nSPS) is 15.8. The number of hydrogen-bond donors (Lipinski definition) is 1. The Morgan fingerprint density at radius 2 is 1.97 bits per heavy atom. The van der Waals surface area contributed by atoms with Crippen molar-refractivity contribution in [1.82, 2.24) is 20.1 Å². The quantitative estimate of drug-likeness (QED) is 0.775. The maximum atomic E-state index is 13.3. The number of hydrogen-bond acceptors (Lipinski definition) is 7. The first-order valence-electron chi connectivity index (χ1n) is 10.1. The zero-order chi connectivity index (χ0) is 22.8. The van der Waals surface area contributed by atoms with E-state index in [0.29, 0.717) is 42.4 Å². The molecule has 168 valence electrons. The van der Waals surface area contributed by atoms with Crippen LogP contribution < -0.4 is 19.7 Å². The van der Waals surface area contributed by atoms with Gasteiger partial charge in [0.2, 0.25) is 0 Å². The topological polar surface area (TPSA) is 108 Å². The largest absolute Gasteiger partial charge is 0.491 e.